The second-order valence-electron chi connectivity index (χ2n) is 2.98. The minimum atomic E-state index is -4.17. The Labute approximate surface area is 119 Å². The summed E-state index contributed by atoms with van der Waals surface area (Å²) in [6, 6.07) is 5.52. The molecule has 6 nitrogen and oxygen atoms in total. The van der Waals surface area contributed by atoms with E-state index in [1.807, 2.05) is 0 Å². The molecular formula is C8H11O6PSZr. The predicted octanol–water partition coefficient (Wildman–Crippen LogP) is 0.872. The maximum absolute atomic E-state index is 10.7. The molecule has 1 aromatic rings. The summed E-state index contributed by atoms with van der Waals surface area (Å²) in [6.45, 7) is 0.0829. The van der Waals surface area contributed by atoms with Crippen molar-refractivity contribution in [3.05, 3.63) is 29.8 Å². The van der Waals surface area contributed by atoms with Crippen molar-refractivity contribution in [2.24, 2.45) is 0 Å². The van der Waals surface area contributed by atoms with E-state index >= 15 is 0 Å². The first kappa shape index (κ1) is 17.2. The fraction of sp³-hybridized carbons (Fsp3) is 0.250. The SMILES string of the molecule is O=[PH](O)OCCc1ccc(S(=O)(=O)O)cc1.[Zr]. The summed E-state index contributed by atoms with van der Waals surface area (Å²) < 4.78 is 44.8. The fourth-order valence-electron chi connectivity index (χ4n) is 1.08. The molecule has 1 rings (SSSR count). The van der Waals surface area contributed by atoms with Crippen molar-refractivity contribution in [1.29, 1.82) is 0 Å². The van der Waals surface area contributed by atoms with Crippen LogP contribution in [0.2, 0.25) is 0 Å². The van der Waals surface area contributed by atoms with Gasteiger partial charge in [-0.15, -0.1) is 0 Å². The Kier molecular flexibility index (Phi) is 7.64. The van der Waals surface area contributed by atoms with Crippen LogP contribution in [0.1, 0.15) is 5.56 Å². The van der Waals surface area contributed by atoms with Crippen LogP contribution in [-0.4, -0.2) is 24.5 Å². The third-order valence-electron chi connectivity index (χ3n) is 1.84. The molecule has 0 saturated carbocycles. The van der Waals surface area contributed by atoms with Crippen LogP contribution in [0, 0.1) is 0 Å². The van der Waals surface area contributed by atoms with Crippen molar-refractivity contribution < 1.29 is 53.2 Å². The number of hydrogen-bond donors (Lipinski definition) is 2. The molecule has 0 aromatic heterocycles. The van der Waals surface area contributed by atoms with E-state index in [9.17, 15) is 13.0 Å². The summed E-state index contributed by atoms with van der Waals surface area (Å²) in [5.41, 5.74) is 0.746. The molecule has 0 radical (unpaired) electrons. The Bertz CT molecular complexity index is 471. The van der Waals surface area contributed by atoms with E-state index in [4.69, 9.17) is 9.45 Å². The van der Waals surface area contributed by atoms with Crippen LogP contribution in [0.25, 0.3) is 0 Å². The summed E-state index contributed by atoms with van der Waals surface area (Å²) in [7, 11) is -7.09. The molecule has 94 valence electrons. The average molecular weight is 357 g/mol. The molecule has 2 N–H and O–H groups in total. The Hall–Kier alpha value is 0.163. The summed E-state index contributed by atoms with van der Waals surface area (Å²) in [6.07, 6.45) is 0.392. The third-order valence-corrected chi connectivity index (χ3v) is 3.16. The number of rotatable bonds is 5. The zero-order valence-electron chi connectivity index (χ0n) is 8.66. The van der Waals surface area contributed by atoms with Crippen molar-refractivity contribution in [2.45, 2.75) is 11.3 Å². The molecule has 9 heteroatoms. The Balaban J connectivity index is 0.00000256. The smallest absolute Gasteiger partial charge is 0.316 e. The second kappa shape index (κ2) is 7.57. The van der Waals surface area contributed by atoms with Crippen molar-refractivity contribution in [3.63, 3.8) is 0 Å². The van der Waals surface area contributed by atoms with E-state index in [0.29, 0.717) is 6.42 Å². The molecule has 0 aliphatic heterocycles. The van der Waals surface area contributed by atoms with E-state index in [1.54, 1.807) is 0 Å². The molecule has 1 unspecified atom stereocenters. The van der Waals surface area contributed by atoms with E-state index in [1.165, 1.54) is 24.3 Å². The molecule has 0 aliphatic carbocycles. The summed E-state index contributed by atoms with van der Waals surface area (Å²) in [5, 5.41) is 0. The monoisotopic (exact) mass is 356 g/mol. The summed E-state index contributed by atoms with van der Waals surface area (Å²) >= 11 is 0. The molecule has 17 heavy (non-hydrogen) atoms. The Morgan fingerprint density at radius 2 is 1.76 bits per heavy atom. The van der Waals surface area contributed by atoms with Crippen LogP contribution in [0.3, 0.4) is 0 Å². The van der Waals surface area contributed by atoms with Crippen LogP contribution in [0.5, 0.6) is 0 Å². The maximum Gasteiger partial charge on any atom is 0.316 e. The molecule has 1 aromatic carbocycles. The topological polar surface area (TPSA) is 101 Å². The minimum Gasteiger partial charge on any atom is -0.326 e. The summed E-state index contributed by atoms with van der Waals surface area (Å²) in [4.78, 5) is 8.21. The van der Waals surface area contributed by atoms with E-state index in [0.717, 1.165) is 5.56 Å². The zero-order valence-corrected chi connectivity index (χ0v) is 12.9. The molecule has 0 heterocycles. The standard InChI is InChI=1S/C8H11O6PS.Zr/c9-15(10)14-6-5-7-1-3-8(4-2-7)16(11,12)13;/h1-4,15H,5-6H2,(H,9,10)(H,11,12,13);. The first-order chi connectivity index (χ1) is 7.39. The maximum atomic E-state index is 10.7. The van der Waals surface area contributed by atoms with Gasteiger partial charge in [-0.05, 0) is 24.1 Å². The molecular weight excluding hydrogens is 346 g/mol. The Morgan fingerprint density at radius 1 is 1.24 bits per heavy atom. The van der Waals surface area contributed by atoms with Crippen molar-refractivity contribution in [1.82, 2.24) is 0 Å². The van der Waals surface area contributed by atoms with Gasteiger partial charge in [0.25, 0.3) is 10.1 Å². The van der Waals surface area contributed by atoms with E-state index in [2.05, 4.69) is 4.52 Å². The fourth-order valence-corrected chi connectivity index (χ4v) is 1.84. The van der Waals surface area contributed by atoms with Gasteiger partial charge in [-0.25, -0.2) is 0 Å². The van der Waals surface area contributed by atoms with Gasteiger partial charge in [0.1, 0.15) is 0 Å². The molecule has 1 atom stereocenters. The van der Waals surface area contributed by atoms with Crippen molar-refractivity contribution >= 4 is 18.4 Å². The van der Waals surface area contributed by atoms with Crippen LogP contribution in [0.15, 0.2) is 29.2 Å². The van der Waals surface area contributed by atoms with Crippen LogP contribution in [-0.2, 0) is 51.8 Å². The third kappa shape index (κ3) is 6.60. The average Bonchev–Trinajstić information content (AvgIpc) is 2.16. The van der Waals surface area contributed by atoms with Crippen LogP contribution >= 0.6 is 8.25 Å². The molecule has 0 aliphatic rings. The molecule has 0 spiro atoms. The van der Waals surface area contributed by atoms with Gasteiger partial charge in [-0.3, -0.25) is 9.12 Å². The minimum absolute atomic E-state index is 0. The van der Waals surface area contributed by atoms with Crippen molar-refractivity contribution in [2.75, 3.05) is 6.61 Å². The second-order valence-corrected chi connectivity index (χ2v) is 5.23. The van der Waals surface area contributed by atoms with Gasteiger partial charge in [0.2, 0.25) is 0 Å². The van der Waals surface area contributed by atoms with Gasteiger partial charge in [0.05, 0.1) is 11.5 Å². The van der Waals surface area contributed by atoms with Gasteiger partial charge < -0.3 is 9.42 Å². The van der Waals surface area contributed by atoms with E-state index in [-0.39, 0.29) is 37.7 Å². The van der Waals surface area contributed by atoms with Gasteiger partial charge in [0, 0.05) is 26.2 Å². The quantitative estimate of drug-likeness (QED) is 0.599. The Morgan fingerprint density at radius 3 is 2.18 bits per heavy atom. The molecule has 0 bridgehead atoms. The van der Waals surface area contributed by atoms with Crippen LogP contribution in [0.4, 0.5) is 0 Å². The number of benzene rings is 1. The van der Waals surface area contributed by atoms with Gasteiger partial charge in [-0.2, -0.15) is 8.42 Å². The van der Waals surface area contributed by atoms with Gasteiger partial charge in [0.15, 0.2) is 0 Å². The molecule has 0 amide bonds. The predicted molar refractivity (Wildman–Crippen MR) is 57.1 cm³/mol. The first-order valence-electron chi connectivity index (χ1n) is 4.32. The number of hydrogen-bond acceptors (Lipinski definition) is 4. The normalized spacial score (nSPS) is 12.8. The zero-order chi connectivity index (χ0) is 12.2. The molecule has 0 saturated heterocycles. The van der Waals surface area contributed by atoms with E-state index < -0.39 is 18.4 Å². The largest absolute Gasteiger partial charge is 0.326 e. The van der Waals surface area contributed by atoms with Crippen molar-refractivity contribution in [3.8, 4) is 0 Å². The molecule has 0 fully saturated rings. The first-order valence-corrected chi connectivity index (χ1v) is 7.02. The van der Waals surface area contributed by atoms with Gasteiger partial charge in [-0.1, -0.05) is 12.1 Å². The van der Waals surface area contributed by atoms with Crippen LogP contribution < -0.4 is 0 Å². The van der Waals surface area contributed by atoms with Gasteiger partial charge >= 0.3 is 8.25 Å². The summed E-state index contributed by atoms with van der Waals surface area (Å²) in [5.74, 6) is 0.